The average Bonchev–Trinajstić information content (AvgIpc) is 2.69. The lowest BCUT2D eigenvalue weighted by Gasteiger charge is -2.25. The quantitative estimate of drug-likeness (QED) is 0.437. The summed E-state index contributed by atoms with van der Waals surface area (Å²) in [6.45, 7) is 10.2. The molecule has 0 atom stereocenters. The normalized spacial score (nSPS) is 10.7. The summed E-state index contributed by atoms with van der Waals surface area (Å²) in [5.74, 6) is 1.27. The zero-order valence-electron chi connectivity index (χ0n) is 16.3. The minimum absolute atomic E-state index is 0.0842. The number of benzene rings is 2. The largest absolute Gasteiger partial charge is 0.455 e. The Hall–Kier alpha value is -2.80. The van der Waals surface area contributed by atoms with E-state index in [0.29, 0.717) is 43.4 Å². The molecule has 0 saturated heterocycles. The van der Waals surface area contributed by atoms with Crippen LogP contribution in [0.5, 0.6) is 17.2 Å². The minimum atomic E-state index is -0.398. The van der Waals surface area contributed by atoms with Crippen LogP contribution in [0.3, 0.4) is 0 Å². The monoisotopic (exact) mass is 373 g/mol. The third kappa shape index (κ3) is 4.89. The lowest BCUT2D eigenvalue weighted by atomic mass is 10.2. The van der Waals surface area contributed by atoms with Gasteiger partial charge in [-0.2, -0.15) is 0 Å². The third-order valence-electron chi connectivity index (χ3n) is 4.24. The van der Waals surface area contributed by atoms with Gasteiger partial charge in [-0.1, -0.05) is 18.2 Å². The molecule has 2 aromatic rings. The molecular formula is C20H27N3O4. The molecule has 0 fully saturated rings. The summed E-state index contributed by atoms with van der Waals surface area (Å²) in [4.78, 5) is 19.3. The van der Waals surface area contributed by atoms with Crippen molar-refractivity contribution in [3.8, 4) is 17.2 Å². The van der Waals surface area contributed by atoms with Gasteiger partial charge in [-0.05, 0) is 52.0 Å². The molecule has 0 heterocycles. The van der Waals surface area contributed by atoms with Crippen molar-refractivity contribution in [2.75, 3.05) is 31.1 Å². The first kappa shape index (κ1) is 20.5. The molecule has 0 aromatic heterocycles. The van der Waals surface area contributed by atoms with Crippen molar-refractivity contribution in [2.45, 2.75) is 27.7 Å². The van der Waals surface area contributed by atoms with Crippen LogP contribution < -0.4 is 14.5 Å². The molecule has 0 N–H and O–H groups in total. The Labute approximate surface area is 160 Å². The molecule has 0 spiro atoms. The lowest BCUT2D eigenvalue weighted by Crippen LogP contribution is -2.28. The number of anilines is 1. The van der Waals surface area contributed by atoms with Gasteiger partial charge in [-0.25, -0.2) is 0 Å². The zero-order valence-corrected chi connectivity index (χ0v) is 16.3. The molecule has 0 radical (unpaired) electrons. The summed E-state index contributed by atoms with van der Waals surface area (Å²) in [6, 6.07) is 12.6. The number of hydrogen-bond acceptors (Lipinski definition) is 6. The van der Waals surface area contributed by atoms with E-state index in [4.69, 9.17) is 9.57 Å². The van der Waals surface area contributed by atoms with Crippen molar-refractivity contribution >= 4 is 11.4 Å². The van der Waals surface area contributed by atoms with E-state index < -0.39 is 4.92 Å². The molecule has 0 aliphatic rings. The summed E-state index contributed by atoms with van der Waals surface area (Å²) in [6.07, 6.45) is 0. The van der Waals surface area contributed by atoms with Crippen molar-refractivity contribution < 1.29 is 14.5 Å². The van der Waals surface area contributed by atoms with Gasteiger partial charge in [0.1, 0.15) is 5.75 Å². The van der Waals surface area contributed by atoms with Crippen LogP contribution >= 0.6 is 0 Å². The molecule has 0 aliphatic carbocycles. The number of nitro groups is 1. The molecule has 0 saturated carbocycles. The van der Waals surface area contributed by atoms with Gasteiger partial charge in [0, 0.05) is 26.2 Å². The Morgan fingerprint density at radius 3 is 2.00 bits per heavy atom. The van der Waals surface area contributed by atoms with Gasteiger partial charge in [0.15, 0.2) is 11.4 Å². The van der Waals surface area contributed by atoms with E-state index in [-0.39, 0.29) is 11.4 Å². The summed E-state index contributed by atoms with van der Waals surface area (Å²) in [5, 5.41) is 13.6. The maximum absolute atomic E-state index is 12.0. The predicted molar refractivity (Wildman–Crippen MR) is 107 cm³/mol. The molecule has 2 rings (SSSR count). The lowest BCUT2D eigenvalue weighted by molar-refractivity contribution is -0.386. The van der Waals surface area contributed by atoms with E-state index in [1.54, 1.807) is 17.2 Å². The maximum Gasteiger partial charge on any atom is 0.340 e. The molecule has 7 heteroatoms. The van der Waals surface area contributed by atoms with Crippen molar-refractivity contribution in [2.24, 2.45) is 0 Å². The smallest absolute Gasteiger partial charge is 0.340 e. The first-order valence-corrected chi connectivity index (χ1v) is 9.27. The number of hydrogen-bond donors (Lipinski definition) is 0. The fourth-order valence-electron chi connectivity index (χ4n) is 2.83. The third-order valence-corrected chi connectivity index (χ3v) is 4.24. The van der Waals surface area contributed by atoms with Crippen LogP contribution in [0, 0.1) is 10.1 Å². The molecule has 0 aliphatic heterocycles. The number of ether oxygens (including phenoxy) is 1. The Morgan fingerprint density at radius 1 is 0.889 bits per heavy atom. The molecular weight excluding hydrogens is 346 g/mol. The fourth-order valence-corrected chi connectivity index (χ4v) is 2.83. The second kappa shape index (κ2) is 9.78. The molecule has 0 amide bonds. The van der Waals surface area contributed by atoms with E-state index >= 15 is 0 Å². The van der Waals surface area contributed by atoms with Gasteiger partial charge < -0.3 is 14.5 Å². The Bertz CT molecular complexity index is 744. The maximum atomic E-state index is 12.0. The van der Waals surface area contributed by atoms with Crippen molar-refractivity contribution in [1.29, 1.82) is 0 Å². The van der Waals surface area contributed by atoms with Crippen molar-refractivity contribution in [1.82, 2.24) is 5.06 Å². The van der Waals surface area contributed by atoms with Crippen LogP contribution in [0.4, 0.5) is 11.4 Å². The second-order valence-corrected chi connectivity index (χ2v) is 5.81. The highest BCUT2D eigenvalue weighted by molar-refractivity contribution is 5.77. The molecule has 27 heavy (non-hydrogen) atoms. The first-order chi connectivity index (χ1) is 13.0. The van der Waals surface area contributed by atoms with Gasteiger partial charge in [0.2, 0.25) is 5.75 Å². The summed E-state index contributed by atoms with van der Waals surface area (Å²) in [7, 11) is 0. The van der Waals surface area contributed by atoms with Crippen LogP contribution in [0.25, 0.3) is 0 Å². The SMILES string of the molecule is CCN(CC)Oc1ccc(Oc2ccccc2)c(N(CC)CC)c1[N+](=O)[O-]. The van der Waals surface area contributed by atoms with Gasteiger partial charge in [-0.3, -0.25) is 10.1 Å². The van der Waals surface area contributed by atoms with E-state index in [2.05, 4.69) is 0 Å². The molecule has 0 bridgehead atoms. The first-order valence-electron chi connectivity index (χ1n) is 9.27. The fraction of sp³-hybridized carbons (Fsp3) is 0.400. The van der Waals surface area contributed by atoms with Crippen LogP contribution in [0.2, 0.25) is 0 Å². The van der Waals surface area contributed by atoms with Crippen LogP contribution in [-0.2, 0) is 0 Å². The predicted octanol–water partition coefficient (Wildman–Crippen LogP) is 4.87. The Morgan fingerprint density at radius 2 is 1.48 bits per heavy atom. The van der Waals surface area contributed by atoms with Crippen LogP contribution in [0.15, 0.2) is 42.5 Å². The van der Waals surface area contributed by atoms with E-state index in [1.165, 1.54) is 0 Å². The van der Waals surface area contributed by atoms with Crippen LogP contribution in [-0.4, -0.2) is 36.2 Å². The zero-order chi connectivity index (χ0) is 19.8. The molecule has 146 valence electrons. The molecule has 0 unspecified atom stereocenters. The van der Waals surface area contributed by atoms with Gasteiger partial charge in [0.25, 0.3) is 0 Å². The Kier molecular flexibility index (Phi) is 7.43. The number of nitrogens with zero attached hydrogens (tertiary/aromatic N) is 3. The number of para-hydroxylation sites is 1. The highest BCUT2D eigenvalue weighted by Gasteiger charge is 2.30. The minimum Gasteiger partial charge on any atom is -0.455 e. The summed E-state index contributed by atoms with van der Waals surface area (Å²) < 4.78 is 5.98. The van der Waals surface area contributed by atoms with Crippen molar-refractivity contribution in [3.05, 3.63) is 52.6 Å². The van der Waals surface area contributed by atoms with Crippen molar-refractivity contribution in [3.63, 3.8) is 0 Å². The van der Waals surface area contributed by atoms with E-state index in [0.717, 1.165) is 0 Å². The Balaban J connectivity index is 2.59. The standard InChI is InChI=1S/C20H27N3O4/c1-5-21(6-2)19-17(26-16-12-10-9-11-13-16)14-15-18(20(19)23(24)25)27-22(7-3)8-4/h9-15H,5-8H2,1-4H3. The molecule has 7 nitrogen and oxygen atoms in total. The van der Waals surface area contributed by atoms with Gasteiger partial charge in [-0.15, -0.1) is 5.06 Å². The van der Waals surface area contributed by atoms with Gasteiger partial charge in [0.05, 0.1) is 4.92 Å². The van der Waals surface area contributed by atoms with Gasteiger partial charge >= 0.3 is 5.69 Å². The highest BCUT2D eigenvalue weighted by Crippen LogP contribution is 2.45. The summed E-state index contributed by atoms with van der Waals surface area (Å²) >= 11 is 0. The number of rotatable bonds is 10. The summed E-state index contributed by atoms with van der Waals surface area (Å²) in [5.41, 5.74) is 0.345. The average molecular weight is 373 g/mol. The molecule has 2 aromatic carbocycles. The van der Waals surface area contributed by atoms with E-state index in [1.807, 2.05) is 62.9 Å². The second-order valence-electron chi connectivity index (χ2n) is 5.81. The number of hydroxylamine groups is 2. The van der Waals surface area contributed by atoms with Crippen LogP contribution in [0.1, 0.15) is 27.7 Å². The highest BCUT2D eigenvalue weighted by atomic mass is 16.7. The number of nitro benzene ring substituents is 1. The topological polar surface area (TPSA) is 68.1 Å². The van der Waals surface area contributed by atoms with E-state index in [9.17, 15) is 10.1 Å².